The fourth-order valence-electron chi connectivity index (χ4n) is 2.36. The van der Waals surface area contributed by atoms with E-state index < -0.39 is 22.5 Å². The van der Waals surface area contributed by atoms with Gasteiger partial charge in [-0.15, -0.1) is 0 Å². The van der Waals surface area contributed by atoms with Gasteiger partial charge in [0.1, 0.15) is 5.75 Å². The number of anilines is 1. The molecule has 0 bridgehead atoms. The summed E-state index contributed by atoms with van der Waals surface area (Å²) in [4.78, 5) is 23.9. The first kappa shape index (κ1) is 14.9. The molecule has 0 N–H and O–H groups in total. The summed E-state index contributed by atoms with van der Waals surface area (Å²) in [5.41, 5.74) is 0.559. The fourth-order valence-corrected chi connectivity index (χ4v) is 2.36. The lowest BCUT2D eigenvalue weighted by atomic mass is 10.1. The summed E-state index contributed by atoms with van der Waals surface area (Å²) in [7, 11) is 0. The van der Waals surface area contributed by atoms with Gasteiger partial charge >= 0.3 is 0 Å². The van der Waals surface area contributed by atoms with Crippen LogP contribution in [0, 0.1) is 28.7 Å². The van der Waals surface area contributed by atoms with Gasteiger partial charge in [0.05, 0.1) is 10.5 Å². The lowest BCUT2D eigenvalue weighted by Gasteiger charge is -2.29. The largest absolute Gasteiger partial charge is 0.472 e. The van der Waals surface area contributed by atoms with Crippen molar-refractivity contribution in [2.45, 2.75) is 6.92 Å². The Balaban J connectivity index is 1.99. The molecule has 0 saturated carbocycles. The summed E-state index contributed by atoms with van der Waals surface area (Å²) in [5.74, 6) is -2.86. The molecule has 0 fully saturated rings. The number of benzene rings is 2. The number of carbonyl (C=O) groups is 1. The molecule has 1 amide bonds. The predicted octanol–water partition coefficient (Wildman–Crippen LogP) is 3.18. The molecule has 118 valence electrons. The van der Waals surface area contributed by atoms with Crippen LogP contribution >= 0.6 is 0 Å². The highest BCUT2D eigenvalue weighted by atomic mass is 19.2. The highest BCUT2D eigenvalue weighted by Crippen LogP contribution is 2.32. The van der Waals surface area contributed by atoms with Crippen LogP contribution in [0.5, 0.6) is 5.75 Å². The number of nitro groups is 1. The Morgan fingerprint density at radius 3 is 2.57 bits per heavy atom. The van der Waals surface area contributed by atoms with Gasteiger partial charge in [0.2, 0.25) is 0 Å². The molecule has 0 unspecified atom stereocenters. The van der Waals surface area contributed by atoms with Crippen molar-refractivity contribution in [1.29, 1.82) is 0 Å². The van der Waals surface area contributed by atoms with Crippen molar-refractivity contribution in [2.24, 2.45) is 0 Å². The third-order valence-corrected chi connectivity index (χ3v) is 3.54. The highest BCUT2D eigenvalue weighted by molar-refractivity contribution is 6.08. The Kier molecular flexibility index (Phi) is 3.44. The molecule has 0 aliphatic carbocycles. The Hall–Kier alpha value is -3.03. The van der Waals surface area contributed by atoms with Gasteiger partial charge in [-0.05, 0) is 25.1 Å². The molecule has 0 spiro atoms. The van der Waals surface area contributed by atoms with Crippen molar-refractivity contribution >= 4 is 17.3 Å². The first-order valence-corrected chi connectivity index (χ1v) is 6.57. The summed E-state index contributed by atoms with van der Waals surface area (Å²) >= 11 is 0. The number of fused-ring (bicyclic) bond motifs is 1. The number of ether oxygens (including phenoxy) is 1. The van der Waals surface area contributed by atoms with E-state index in [2.05, 4.69) is 0 Å². The number of nitro benzene ring substituents is 1. The summed E-state index contributed by atoms with van der Waals surface area (Å²) in [6.07, 6.45) is 0. The molecule has 0 saturated heterocycles. The monoisotopic (exact) mass is 320 g/mol. The zero-order valence-corrected chi connectivity index (χ0v) is 11.9. The van der Waals surface area contributed by atoms with Crippen LogP contribution in [0.1, 0.15) is 15.9 Å². The minimum absolute atomic E-state index is 0.0382. The number of hydrogen-bond acceptors (Lipinski definition) is 4. The van der Waals surface area contributed by atoms with Crippen LogP contribution in [0.25, 0.3) is 0 Å². The first-order valence-electron chi connectivity index (χ1n) is 6.57. The summed E-state index contributed by atoms with van der Waals surface area (Å²) in [6, 6.07) is 5.73. The van der Waals surface area contributed by atoms with Gasteiger partial charge in [-0.2, -0.15) is 0 Å². The zero-order valence-electron chi connectivity index (χ0n) is 11.9. The standard InChI is InChI=1S/C15H10F2N2O4/c1-8-4-9(2-3-13(8)19(21)22)18-7-23-14-6-12(17)11(16)5-10(14)15(18)20/h2-6H,7H2,1H3. The second-order valence-electron chi connectivity index (χ2n) is 5.00. The number of halogens is 2. The number of amides is 1. The van der Waals surface area contributed by atoms with Gasteiger partial charge in [0.25, 0.3) is 11.6 Å². The maximum absolute atomic E-state index is 13.3. The van der Waals surface area contributed by atoms with E-state index in [9.17, 15) is 23.7 Å². The molecule has 0 atom stereocenters. The molecule has 2 aromatic carbocycles. The fraction of sp³-hybridized carbons (Fsp3) is 0.133. The van der Waals surface area contributed by atoms with Crippen LogP contribution in [0.2, 0.25) is 0 Å². The number of nitrogens with zero attached hydrogens (tertiary/aromatic N) is 2. The van der Waals surface area contributed by atoms with E-state index in [1.807, 2.05) is 0 Å². The number of hydrogen-bond donors (Lipinski definition) is 0. The second kappa shape index (κ2) is 5.31. The molecule has 6 nitrogen and oxygen atoms in total. The van der Waals surface area contributed by atoms with Crippen LogP contribution in [0.3, 0.4) is 0 Å². The van der Waals surface area contributed by atoms with E-state index in [-0.39, 0.29) is 23.7 Å². The zero-order chi connectivity index (χ0) is 16.7. The van der Waals surface area contributed by atoms with Crippen LogP contribution in [0.4, 0.5) is 20.2 Å². The van der Waals surface area contributed by atoms with Gasteiger partial charge in [0, 0.05) is 23.4 Å². The maximum atomic E-state index is 13.3. The van der Waals surface area contributed by atoms with Gasteiger partial charge in [-0.3, -0.25) is 19.8 Å². The van der Waals surface area contributed by atoms with Crippen molar-refractivity contribution in [3.8, 4) is 5.75 Å². The van der Waals surface area contributed by atoms with Crippen LogP contribution in [0.15, 0.2) is 30.3 Å². The number of aryl methyl sites for hydroxylation is 1. The van der Waals surface area contributed by atoms with E-state index in [1.165, 1.54) is 23.1 Å². The van der Waals surface area contributed by atoms with Crippen molar-refractivity contribution in [2.75, 3.05) is 11.6 Å². The Labute approximate surface area is 129 Å². The van der Waals surface area contributed by atoms with Crippen molar-refractivity contribution in [3.63, 3.8) is 0 Å². The first-order chi connectivity index (χ1) is 10.9. The second-order valence-corrected chi connectivity index (χ2v) is 5.00. The lowest BCUT2D eigenvalue weighted by molar-refractivity contribution is -0.385. The lowest BCUT2D eigenvalue weighted by Crippen LogP contribution is -2.38. The van der Waals surface area contributed by atoms with E-state index >= 15 is 0 Å². The van der Waals surface area contributed by atoms with Gasteiger partial charge in [-0.1, -0.05) is 0 Å². The maximum Gasteiger partial charge on any atom is 0.272 e. The quantitative estimate of drug-likeness (QED) is 0.629. The van der Waals surface area contributed by atoms with Crippen molar-refractivity contribution in [1.82, 2.24) is 0 Å². The molecule has 2 aromatic rings. The molecular weight excluding hydrogens is 310 g/mol. The molecular formula is C15H10F2N2O4. The van der Waals surface area contributed by atoms with Crippen molar-refractivity contribution in [3.05, 3.63) is 63.2 Å². The molecule has 23 heavy (non-hydrogen) atoms. The molecule has 0 radical (unpaired) electrons. The average molecular weight is 320 g/mol. The van der Waals surface area contributed by atoms with E-state index in [0.29, 0.717) is 11.3 Å². The SMILES string of the molecule is Cc1cc(N2COc3cc(F)c(F)cc3C2=O)ccc1[N+](=O)[O-]. The molecule has 1 heterocycles. The van der Waals surface area contributed by atoms with Gasteiger partial charge in [-0.25, -0.2) is 8.78 Å². The van der Waals surface area contributed by atoms with Crippen LogP contribution in [-0.2, 0) is 0 Å². The minimum Gasteiger partial charge on any atom is -0.472 e. The third kappa shape index (κ3) is 2.48. The molecule has 1 aliphatic rings. The predicted molar refractivity (Wildman–Crippen MR) is 76.5 cm³/mol. The summed E-state index contributed by atoms with van der Waals surface area (Å²) in [5, 5.41) is 10.8. The summed E-state index contributed by atoms with van der Waals surface area (Å²) < 4.78 is 31.8. The number of carbonyl (C=O) groups excluding carboxylic acids is 1. The molecule has 3 rings (SSSR count). The Bertz CT molecular complexity index is 838. The Morgan fingerprint density at radius 1 is 1.22 bits per heavy atom. The highest BCUT2D eigenvalue weighted by Gasteiger charge is 2.29. The summed E-state index contributed by atoms with van der Waals surface area (Å²) in [6.45, 7) is 1.34. The third-order valence-electron chi connectivity index (χ3n) is 3.54. The van der Waals surface area contributed by atoms with Crippen LogP contribution < -0.4 is 9.64 Å². The van der Waals surface area contributed by atoms with Gasteiger partial charge < -0.3 is 4.74 Å². The molecule has 0 aromatic heterocycles. The normalized spacial score (nSPS) is 13.5. The van der Waals surface area contributed by atoms with E-state index in [1.54, 1.807) is 6.92 Å². The number of rotatable bonds is 2. The van der Waals surface area contributed by atoms with Gasteiger partial charge in [0.15, 0.2) is 18.4 Å². The van der Waals surface area contributed by atoms with Crippen LogP contribution in [-0.4, -0.2) is 17.6 Å². The molecule has 8 heteroatoms. The van der Waals surface area contributed by atoms with E-state index in [0.717, 1.165) is 12.1 Å². The smallest absolute Gasteiger partial charge is 0.272 e. The minimum atomic E-state index is -1.15. The molecule has 1 aliphatic heterocycles. The Morgan fingerprint density at radius 2 is 1.91 bits per heavy atom. The van der Waals surface area contributed by atoms with Crippen molar-refractivity contribution < 1.29 is 23.2 Å². The average Bonchev–Trinajstić information content (AvgIpc) is 2.49. The topological polar surface area (TPSA) is 72.7 Å². The van der Waals surface area contributed by atoms with E-state index in [4.69, 9.17) is 4.74 Å².